The van der Waals surface area contributed by atoms with E-state index in [2.05, 4.69) is 0 Å². The van der Waals surface area contributed by atoms with Crippen molar-refractivity contribution in [3.05, 3.63) is 50.0 Å². The Morgan fingerprint density at radius 1 is 1.18 bits per heavy atom. The van der Waals surface area contributed by atoms with Crippen molar-refractivity contribution in [2.75, 3.05) is 37.6 Å². The SMILES string of the molecule is CC(C)(C)OC(=O)N1CCN(c2cc3c(cc2F)c(=O)c(C(=O)C[N+](=O)[O-])cn3C2CC2)CC1. The minimum absolute atomic E-state index is 0.0229. The highest BCUT2D eigenvalue weighted by atomic mass is 19.1. The fourth-order valence-corrected chi connectivity index (χ4v) is 4.11. The molecule has 1 aromatic heterocycles. The molecule has 1 amide bonds. The molecule has 0 bridgehead atoms. The summed E-state index contributed by atoms with van der Waals surface area (Å²) in [5.41, 5.74) is -0.829. The number of halogens is 1. The van der Waals surface area contributed by atoms with E-state index in [0.29, 0.717) is 37.4 Å². The number of carbonyl (C=O) groups is 2. The van der Waals surface area contributed by atoms with Crippen LogP contribution < -0.4 is 10.3 Å². The molecule has 2 fully saturated rings. The number of nitrogens with zero attached hydrogens (tertiary/aromatic N) is 4. The highest BCUT2D eigenvalue weighted by Crippen LogP contribution is 2.38. The van der Waals surface area contributed by atoms with Gasteiger partial charge in [-0.15, -0.1) is 0 Å². The van der Waals surface area contributed by atoms with Crippen molar-refractivity contribution in [3.63, 3.8) is 0 Å². The predicted molar refractivity (Wildman–Crippen MR) is 123 cm³/mol. The van der Waals surface area contributed by atoms with Gasteiger partial charge in [-0.2, -0.15) is 0 Å². The Hall–Kier alpha value is -3.50. The largest absolute Gasteiger partial charge is 0.444 e. The second-order valence-electron chi connectivity index (χ2n) is 9.70. The topological polar surface area (TPSA) is 115 Å². The molecule has 0 atom stereocenters. The average molecular weight is 474 g/mol. The van der Waals surface area contributed by atoms with Crippen LogP contribution in [0.3, 0.4) is 0 Å². The van der Waals surface area contributed by atoms with Crippen LogP contribution in [0.5, 0.6) is 0 Å². The summed E-state index contributed by atoms with van der Waals surface area (Å²) in [6.45, 7) is 5.87. The molecule has 34 heavy (non-hydrogen) atoms. The van der Waals surface area contributed by atoms with Gasteiger partial charge in [0.05, 0.1) is 16.8 Å². The van der Waals surface area contributed by atoms with Crippen LogP contribution in [-0.2, 0) is 4.74 Å². The molecular weight excluding hydrogens is 447 g/mol. The number of anilines is 1. The van der Waals surface area contributed by atoms with Crippen molar-refractivity contribution in [1.82, 2.24) is 9.47 Å². The first kappa shape index (κ1) is 23.7. The van der Waals surface area contributed by atoms with Crippen molar-refractivity contribution in [2.45, 2.75) is 45.3 Å². The van der Waals surface area contributed by atoms with E-state index >= 15 is 4.39 Å². The van der Waals surface area contributed by atoms with Gasteiger partial charge in [0.15, 0.2) is 0 Å². The van der Waals surface area contributed by atoms with Gasteiger partial charge in [0.1, 0.15) is 11.4 Å². The number of amides is 1. The highest BCUT2D eigenvalue weighted by molar-refractivity contribution is 6.00. The molecule has 11 heteroatoms. The standard InChI is InChI=1S/C23H27FN4O6/c1-23(2,3)34-22(31)26-8-6-25(7-9-26)19-11-18-15(10-17(19)24)21(30)16(20(29)13-28(32)33)12-27(18)14-4-5-14/h10-12,14H,4-9,13H2,1-3H3. The van der Waals surface area contributed by atoms with Crippen LogP contribution in [-0.4, -0.2) is 64.6 Å². The van der Waals surface area contributed by atoms with E-state index in [1.54, 1.807) is 36.3 Å². The first-order valence-electron chi connectivity index (χ1n) is 11.2. The molecule has 2 aliphatic rings. The summed E-state index contributed by atoms with van der Waals surface area (Å²) in [6.07, 6.45) is 2.63. The van der Waals surface area contributed by atoms with Crippen molar-refractivity contribution in [2.24, 2.45) is 0 Å². The lowest BCUT2D eigenvalue weighted by atomic mass is 10.1. The molecule has 2 aromatic rings. The van der Waals surface area contributed by atoms with Crippen LogP contribution in [0.15, 0.2) is 23.1 Å². The van der Waals surface area contributed by atoms with Crippen LogP contribution in [0.25, 0.3) is 10.9 Å². The van der Waals surface area contributed by atoms with Crippen LogP contribution in [0.1, 0.15) is 50.0 Å². The van der Waals surface area contributed by atoms with Gasteiger partial charge in [0.2, 0.25) is 11.2 Å². The number of rotatable bonds is 5. The predicted octanol–water partition coefficient (Wildman–Crippen LogP) is 2.99. The molecule has 2 heterocycles. The minimum atomic E-state index is -0.992. The van der Waals surface area contributed by atoms with E-state index in [0.717, 1.165) is 18.9 Å². The van der Waals surface area contributed by atoms with Gasteiger partial charge in [0.25, 0.3) is 6.54 Å². The number of ether oxygens (including phenoxy) is 1. The maximum absolute atomic E-state index is 15.2. The second kappa shape index (κ2) is 8.69. The third kappa shape index (κ3) is 4.87. The Morgan fingerprint density at radius 2 is 1.82 bits per heavy atom. The number of nitro groups is 1. The Labute approximate surface area is 195 Å². The summed E-state index contributed by atoms with van der Waals surface area (Å²) in [7, 11) is 0. The smallest absolute Gasteiger partial charge is 0.410 e. The number of Topliss-reactive ketones (excluding diaryl/α,β-unsaturated/α-hetero) is 1. The molecule has 1 aliphatic carbocycles. The summed E-state index contributed by atoms with van der Waals surface area (Å²) in [5, 5.41) is 10.8. The van der Waals surface area contributed by atoms with Crippen LogP contribution in [0.2, 0.25) is 0 Å². The number of hydrogen-bond donors (Lipinski definition) is 0. The molecule has 4 rings (SSSR count). The summed E-state index contributed by atoms with van der Waals surface area (Å²) < 4.78 is 22.3. The van der Waals surface area contributed by atoms with E-state index in [4.69, 9.17) is 4.74 Å². The van der Waals surface area contributed by atoms with Gasteiger partial charge in [-0.25, -0.2) is 9.18 Å². The number of ketones is 1. The quantitative estimate of drug-likeness (QED) is 0.372. The highest BCUT2D eigenvalue weighted by Gasteiger charge is 2.30. The number of benzene rings is 1. The summed E-state index contributed by atoms with van der Waals surface area (Å²) in [4.78, 5) is 50.9. The van der Waals surface area contributed by atoms with Crippen molar-refractivity contribution >= 4 is 28.5 Å². The summed E-state index contributed by atoms with van der Waals surface area (Å²) in [5.74, 6) is -1.52. The summed E-state index contributed by atoms with van der Waals surface area (Å²) >= 11 is 0. The molecule has 10 nitrogen and oxygen atoms in total. The number of aromatic nitrogens is 1. The van der Waals surface area contributed by atoms with Crippen LogP contribution >= 0.6 is 0 Å². The molecule has 0 radical (unpaired) electrons. The van der Waals surface area contributed by atoms with E-state index in [1.165, 1.54) is 6.20 Å². The lowest BCUT2D eigenvalue weighted by molar-refractivity contribution is -0.465. The van der Waals surface area contributed by atoms with Crippen molar-refractivity contribution in [3.8, 4) is 0 Å². The Kier molecular flexibility index (Phi) is 6.05. The molecule has 0 N–H and O–H groups in total. The zero-order chi connectivity index (χ0) is 24.8. The number of fused-ring (bicyclic) bond motifs is 1. The normalized spacial score (nSPS) is 16.6. The third-order valence-corrected chi connectivity index (χ3v) is 5.89. The van der Waals surface area contributed by atoms with Gasteiger partial charge >= 0.3 is 6.09 Å². The van der Waals surface area contributed by atoms with E-state index in [9.17, 15) is 24.5 Å². The molecule has 0 unspecified atom stereocenters. The monoisotopic (exact) mass is 474 g/mol. The maximum atomic E-state index is 15.2. The molecule has 1 aliphatic heterocycles. The van der Waals surface area contributed by atoms with Gasteiger partial charge in [-0.3, -0.25) is 19.7 Å². The second-order valence-corrected chi connectivity index (χ2v) is 9.70. The van der Waals surface area contributed by atoms with E-state index in [1.807, 2.05) is 4.90 Å². The zero-order valence-corrected chi connectivity index (χ0v) is 19.4. The van der Waals surface area contributed by atoms with E-state index < -0.39 is 40.2 Å². The first-order valence-corrected chi connectivity index (χ1v) is 11.2. The molecule has 1 saturated carbocycles. The fraction of sp³-hybridized carbons (Fsp3) is 0.522. The fourth-order valence-electron chi connectivity index (χ4n) is 4.11. The Morgan fingerprint density at radius 3 is 2.38 bits per heavy atom. The van der Waals surface area contributed by atoms with Crippen LogP contribution in [0, 0.1) is 15.9 Å². The lowest BCUT2D eigenvalue weighted by Crippen LogP contribution is -2.50. The van der Waals surface area contributed by atoms with Gasteiger partial charge < -0.3 is 19.1 Å². The molecule has 1 aromatic carbocycles. The van der Waals surface area contributed by atoms with Crippen LogP contribution in [0.4, 0.5) is 14.9 Å². The Bertz CT molecular complexity index is 1220. The Balaban J connectivity index is 1.65. The number of carbonyl (C=O) groups excluding carboxylic acids is 2. The molecule has 182 valence electrons. The number of piperazine rings is 1. The molecule has 1 saturated heterocycles. The van der Waals surface area contributed by atoms with Crippen molar-refractivity contribution in [1.29, 1.82) is 0 Å². The van der Waals surface area contributed by atoms with Crippen molar-refractivity contribution < 1.29 is 23.6 Å². The van der Waals surface area contributed by atoms with E-state index in [-0.39, 0.29) is 17.0 Å². The van der Waals surface area contributed by atoms with Gasteiger partial charge in [0, 0.05) is 48.7 Å². The zero-order valence-electron chi connectivity index (χ0n) is 19.4. The number of pyridine rings is 1. The lowest BCUT2D eigenvalue weighted by Gasteiger charge is -2.37. The average Bonchev–Trinajstić information content (AvgIpc) is 3.57. The molecule has 0 spiro atoms. The van der Waals surface area contributed by atoms with Gasteiger partial charge in [-0.05, 0) is 45.7 Å². The minimum Gasteiger partial charge on any atom is -0.444 e. The third-order valence-electron chi connectivity index (χ3n) is 5.89. The first-order chi connectivity index (χ1) is 15.9. The number of hydrogen-bond acceptors (Lipinski definition) is 7. The van der Waals surface area contributed by atoms with Gasteiger partial charge in [-0.1, -0.05) is 0 Å². The maximum Gasteiger partial charge on any atom is 0.410 e. The summed E-state index contributed by atoms with van der Waals surface area (Å²) in [6, 6.07) is 2.75. The molecular formula is C23H27FN4O6.